The Labute approximate surface area is 118 Å². The summed E-state index contributed by atoms with van der Waals surface area (Å²) in [6, 6.07) is 3.61. The van der Waals surface area contributed by atoms with E-state index in [1.54, 1.807) is 23.0 Å². The molecular weight excluding hydrogens is 254 g/mol. The van der Waals surface area contributed by atoms with E-state index < -0.39 is 0 Å². The van der Waals surface area contributed by atoms with E-state index in [2.05, 4.69) is 10.3 Å². The first-order valence-corrected chi connectivity index (χ1v) is 6.67. The van der Waals surface area contributed by atoms with Gasteiger partial charge in [0, 0.05) is 28.9 Å². The van der Waals surface area contributed by atoms with E-state index in [4.69, 9.17) is 0 Å². The summed E-state index contributed by atoms with van der Waals surface area (Å²) in [4.78, 5) is 27.4. The molecule has 2 aromatic rings. The van der Waals surface area contributed by atoms with Gasteiger partial charge in [0.2, 0.25) is 5.91 Å². The van der Waals surface area contributed by atoms with Gasteiger partial charge in [-0.3, -0.25) is 9.59 Å². The quantitative estimate of drug-likeness (QED) is 0.849. The fourth-order valence-electron chi connectivity index (χ4n) is 2.02. The first-order chi connectivity index (χ1) is 9.46. The Hall–Kier alpha value is -2.17. The number of carbonyl (C=O) groups is 2. The van der Waals surface area contributed by atoms with Crippen molar-refractivity contribution in [1.29, 1.82) is 0 Å². The van der Waals surface area contributed by atoms with Crippen LogP contribution < -0.4 is 5.32 Å². The van der Waals surface area contributed by atoms with E-state index in [1.165, 1.54) is 0 Å². The molecule has 1 N–H and O–H groups in total. The van der Waals surface area contributed by atoms with Gasteiger partial charge in [0.05, 0.1) is 0 Å². The molecule has 0 aromatic carbocycles. The standard InChI is InChI=1S/C15H19N3O2/c1-4-15(2,3)17-13(20)9-18-8-11(10-19)12-6-5-7-16-14(12)18/h5-8,10H,4,9H2,1-3H3,(H,17,20). The summed E-state index contributed by atoms with van der Waals surface area (Å²) in [7, 11) is 0. The normalized spacial score (nSPS) is 11.6. The third-order valence-electron chi connectivity index (χ3n) is 3.47. The lowest BCUT2D eigenvalue weighted by Gasteiger charge is -2.24. The molecule has 0 bridgehead atoms. The third-order valence-corrected chi connectivity index (χ3v) is 3.47. The Morgan fingerprint density at radius 2 is 2.25 bits per heavy atom. The fraction of sp³-hybridized carbons (Fsp3) is 0.400. The van der Waals surface area contributed by atoms with Crippen LogP contribution in [-0.4, -0.2) is 27.3 Å². The molecule has 0 aliphatic carbocycles. The van der Waals surface area contributed by atoms with Crippen molar-refractivity contribution in [3.63, 3.8) is 0 Å². The van der Waals surface area contributed by atoms with Crippen LogP contribution in [0.25, 0.3) is 11.0 Å². The van der Waals surface area contributed by atoms with E-state index in [0.29, 0.717) is 11.2 Å². The molecule has 0 spiro atoms. The van der Waals surface area contributed by atoms with E-state index in [-0.39, 0.29) is 18.0 Å². The van der Waals surface area contributed by atoms with Crippen molar-refractivity contribution in [2.45, 2.75) is 39.3 Å². The van der Waals surface area contributed by atoms with Crippen molar-refractivity contribution in [3.8, 4) is 0 Å². The molecule has 2 heterocycles. The van der Waals surface area contributed by atoms with Crippen molar-refractivity contribution in [2.24, 2.45) is 0 Å². The number of carbonyl (C=O) groups excluding carboxylic acids is 2. The number of nitrogens with zero attached hydrogens (tertiary/aromatic N) is 2. The van der Waals surface area contributed by atoms with Crippen LogP contribution in [0.2, 0.25) is 0 Å². The summed E-state index contributed by atoms with van der Waals surface area (Å²) in [5, 5.41) is 3.74. The minimum Gasteiger partial charge on any atom is -0.350 e. The van der Waals surface area contributed by atoms with Crippen molar-refractivity contribution in [3.05, 3.63) is 30.1 Å². The Morgan fingerprint density at radius 3 is 2.90 bits per heavy atom. The molecule has 0 saturated carbocycles. The smallest absolute Gasteiger partial charge is 0.240 e. The molecule has 0 saturated heterocycles. The van der Waals surface area contributed by atoms with Gasteiger partial charge in [0.25, 0.3) is 0 Å². The predicted molar refractivity (Wildman–Crippen MR) is 77.6 cm³/mol. The monoisotopic (exact) mass is 273 g/mol. The van der Waals surface area contributed by atoms with Gasteiger partial charge in [-0.15, -0.1) is 0 Å². The lowest BCUT2D eigenvalue weighted by Crippen LogP contribution is -2.44. The van der Waals surface area contributed by atoms with Gasteiger partial charge in [-0.25, -0.2) is 4.98 Å². The molecule has 106 valence electrons. The predicted octanol–water partition coefficient (Wildman–Crippen LogP) is 2.15. The molecule has 1 amide bonds. The number of rotatable bonds is 5. The molecule has 0 unspecified atom stereocenters. The van der Waals surface area contributed by atoms with E-state index in [1.807, 2.05) is 26.8 Å². The van der Waals surface area contributed by atoms with Gasteiger partial charge in [0.1, 0.15) is 12.2 Å². The number of pyridine rings is 1. The fourth-order valence-corrected chi connectivity index (χ4v) is 2.02. The van der Waals surface area contributed by atoms with Gasteiger partial charge in [-0.05, 0) is 32.4 Å². The third kappa shape index (κ3) is 2.87. The molecule has 2 rings (SSSR count). The topological polar surface area (TPSA) is 64.0 Å². The van der Waals surface area contributed by atoms with Gasteiger partial charge < -0.3 is 9.88 Å². The summed E-state index contributed by atoms with van der Waals surface area (Å²) >= 11 is 0. The number of amides is 1. The molecule has 0 aliphatic rings. The molecular formula is C15H19N3O2. The zero-order valence-electron chi connectivity index (χ0n) is 12.0. The maximum atomic E-state index is 12.1. The number of aromatic nitrogens is 2. The summed E-state index contributed by atoms with van der Waals surface area (Å²) in [6.07, 6.45) is 4.96. The number of hydrogen-bond donors (Lipinski definition) is 1. The maximum Gasteiger partial charge on any atom is 0.240 e. The van der Waals surface area contributed by atoms with Crippen LogP contribution >= 0.6 is 0 Å². The zero-order chi connectivity index (χ0) is 14.8. The van der Waals surface area contributed by atoms with Crippen LogP contribution in [0.1, 0.15) is 37.6 Å². The summed E-state index contributed by atoms with van der Waals surface area (Å²) in [5.74, 6) is -0.0862. The minimum absolute atomic E-state index is 0.0862. The first-order valence-electron chi connectivity index (χ1n) is 6.67. The van der Waals surface area contributed by atoms with Crippen LogP contribution in [-0.2, 0) is 11.3 Å². The highest BCUT2D eigenvalue weighted by Crippen LogP contribution is 2.17. The molecule has 0 fully saturated rings. The number of hydrogen-bond acceptors (Lipinski definition) is 3. The molecule has 2 aromatic heterocycles. The van der Waals surface area contributed by atoms with Crippen LogP contribution in [0.3, 0.4) is 0 Å². The number of aldehydes is 1. The Balaban J connectivity index is 2.26. The second kappa shape index (κ2) is 5.45. The zero-order valence-corrected chi connectivity index (χ0v) is 12.0. The SMILES string of the molecule is CCC(C)(C)NC(=O)Cn1cc(C=O)c2cccnc21. The summed E-state index contributed by atoms with van der Waals surface area (Å²) in [5.41, 5.74) is 0.968. The minimum atomic E-state index is -0.235. The van der Waals surface area contributed by atoms with Crippen LogP contribution in [0, 0.1) is 0 Å². The van der Waals surface area contributed by atoms with E-state index >= 15 is 0 Å². The van der Waals surface area contributed by atoms with E-state index in [0.717, 1.165) is 18.1 Å². The summed E-state index contributed by atoms with van der Waals surface area (Å²) in [6.45, 7) is 6.14. The van der Waals surface area contributed by atoms with E-state index in [9.17, 15) is 9.59 Å². The second-order valence-corrected chi connectivity index (χ2v) is 5.49. The average Bonchev–Trinajstić information content (AvgIpc) is 2.76. The Kier molecular flexibility index (Phi) is 3.88. The summed E-state index contributed by atoms with van der Waals surface area (Å²) < 4.78 is 1.71. The Bertz CT molecular complexity index is 644. The first kappa shape index (κ1) is 14.2. The maximum absolute atomic E-state index is 12.1. The lowest BCUT2D eigenvalue weighted by atomic mass is 10.0. The molecule has 0 aliphatic heterocycles. The van der Waals surface area contributed by atoms with Crippen LogP contribution in [0.4, 0.5) is 0 Å². The Morgan fingerprint density at radius 1 is 1.50 bits per heavy atom. The molecule has 0 radical (unpaired) electrons. The van der Waals surface area contributed by atoms with Gasteiger partial charge in [-0.2, -0.15) is 0 Å². The molecule has 20 heavy (non-hydrogen) atoms. The van der Waals surface area contributed by atoms with Crippen molar-refractivity contribution < 1.29 is 9.59 Å². The van der Waals surface area contributed by atoms with Gasteiger partial charge >= 0.3 is 0 Å². The van der Waals surface area contributed by atoms with Crippen LogP contribution in [0.15, 0.2) is 24.5 Å². The molecule has 0 atom stereocenters. The largest absolute Gasteiger partial charge is 0.350 e. The van der Waals surface area contributed by atoms with Crippen LogP contribution in [0.5, 0.6) is 0 Å². The van der Waals surface area contributed by atoms with Crippen molar-refractivity contribution in [1.82, 2.24) is 14.9 Å². The van der Waals surface area contributed by atoms with Crippen molar-refractivity contribution >= 4 is 23.2 Å². The number of fused-ring (bicyclic) bond motifs is 1. The molecule has 5 nitrogen and oxygen atoms in total. The lowest BCUT2D eigenvalue weighted by molar-refractivity contribution is -0.123. The molecule has 5 heteroatoms. The van der Waals surface area contributed by atoms with Gasteiger partial charge in [0.15, 0.2) is 6.29 Å². The highest BCUT2D eigenvalue weighted by Gasteiger charge is 2.19. The van der Waals surface area contributed by atoms with Crippen molar-refractivity contribution in [2.75, 3.05) is 0 Å². The highest BCUT2D eigenvalue weighted by atomic mass is 16.2. The highest BCUT2D eigenvalue weighted by molar-refractivity contribution is 5.96. The second-order valence-electron chi connectivity index (χ2n) is 5.49. The number of nitrogens with one attached hydrogen (secondary N) is 1. The average molecular weight is 273 g/mol. The van der Waals surface area contributed by atoms with Gasteiger partial charge in [-0.1, -0.05) is 6.92 Å².